The molecule has 0 saturated heterocycles. The van der Waals surface area contributed by atoms with Gasteiger partial charge in [0.05, 0.1) is 6.10 Å². The van der Waals surface area contributed by atoms with Gasteiger partial charge in [0.1, 0.15) is 5.82 Å². The number of aryl methyl sites for hydroxylation is 3. The number of aromatic nitrogens is 2. The largest absolute Gasteiger partial charge is 0.388 e. The van der Waals surface area contributed by atoms with Gasteiger partial charge in [0.15, 0.2) is 0 Å². The SMILES string of the molecule is Cn1ccnc1CC(O)c1ccc2c(c1)CCC2. The number of hydrogen-bond donors (Lipinski definition) is 1. The third-order valence-electron chi connectivity index (χ3n) is 3.80. The summed E-state index contributed by atoms with van der Waals surface area (Å²) in [6.45, 7) is 0. The Hall–Kier alpha value is -1.61. The molecule has 1 aliphatic rings. The molecule has 0 amide bonds. The fraction of sp³-hybridized carbons (Fsp3) is 0.400. The molecule has 0 bridgehead atoms. The van der Waals surface area contributed by atoms with Crippen molar-refractivity contribution >= 4 is 0 Å². The van der Waals surface area contributed by atoms with Crippen molar-refractivity contribution in [3.05, 3.63) is 53.1 Å². The van der Waals surface area contributed by atoms with Crippen LogP contribution in [0.15, 0.2) is 30.6 Å². The Morgan fingerprint density at radius 2 is 2.17 bits per heavy atom. The molecule has 1 aromatic heterocycles. The summed E-state index contributed by atoms with van der Waals surface area (Å²) >= 11 is 0. The first-order valence-corrected chi connectivity index (χ1v) is 6.50. The van der Waals surface area contributed by atoms with Crippen LogP contribution in [0.2, 0.25) is 0 Å². The van der Waals surface area contributed by atoms with Crippen LogP contribution in [0.5, 0.6) is 0 Å². The van der Waals surface area contributed by atoms with Crippen molar-refractivity contribution in [3.8, 4) is 0 Å². The zero-order valence-corrected chi connectivity index (χ0v) is 10.6. The molecule has 1 aliphatic carbocycles. The lowest BCUT2D eigenvalue weighted by Gasteiger charge is -2.12. The number of benzene rings is 1. The Morgan fingerprint density at radius 3 is 2.94 bits per heavy atom. The van der Waals surface area contributed by atoms with E-state index >= 15 is 0 Å². The molecule has 94 valence electrons. The van der Waals surface area contributed by atoms with Crippen LogP contribution in [-0.2, 0) is 26.3 Å². The average molecular weight is 242 g/mol. The van der Waals surface area contributed by atoms with Gasteiger partial charge in [0.2, 0.25) is 0 Å². The van der Waals surface area contributed by atoms with E-state index in [0.29, 0.717) is 6.42 Å². The summed E-state index contributed by atoms with van der Waals surface area (Å²) in [4.78, 5) is 4.26. The number of rotatable bonds is 3. The zero-order chi connectivity index (χ0) is 12.5. The van der Waals surface area contributed by atoms with Crippen LogP contribution < -0.4 is 0 Å². The molecular formula is C15H18N2O. The maximum Gasteiger partial charge on any atom is 0.111 e. The fourth-order valence-electron chi connectivity index (χ4n) is 2.68. The lowest BCUT2D eigenvalue weighted by atomic mass is 10.0. The van der Waals surface area contributed by atoms with E-state index in [1.807, 2.05) is 17.8 Å². The predicted octanol–water partition coefficient (Wildman–Crippen LogP) is 2.18. The molecular weight excluding hydrogens is 224 g/mol. The van der Waals surface area contributed by atoms with E-state index in [4.69, 9.17) is 0 Å². The van der Waals surface area contributed by atoms with Gasteiger partial charge < -0.3 is 9.67 Å². The van der Waals surface area contributed by atoms with Crippen molar-refractivity contribution in [3.63, 3.8) is 0 Å². The molecule has 0 spiro atoms. The van der Waals surface area contributed by atoms with E-state index < -0.39 is 6.10 Å². The van der Waals surface area contributed by atoms with Crippen LogP contribution in [0.25, 0.3) is 0 Å². The molecule has 0 aliphatic heterocycles. The highest BCUT2D eigenvalue weighted by Gasteiger charge is 2.15. The highest BCUT2D eigenvalue weighted by Crippen LogP contribution is 2.26. The number of aliphatic hydroxyl groups is 1. The summed E-state index contributed by atoms with van der Waals surface area (Å²) in [5.74, 6) is 0.919. The molecule has 0 fully saturated rings. The lowest BCUT2D eigenvalue weighted by molar-refractivity contribution is 0.175. The lowest BCUT2D eigenvalue weighted by Crippen LogP contribution is -2.07. The molecule has 3 heteroatoms. The van der Waals surface area contributed by atoms with E-state index in [1.165, 1.54) is 24.0 Å². The molecule has 1 N–H and O–H groups in total. The van der Waals surface area contributed by atoms with Gasteiger partial charge >= 0.3 is 0 Å². The standard InChI is InChI=1S/C15H18N2O/c1-17-8-7-16-15(17)10-14(18)13-6-5-11-3-2-4-12(11)9-13/h5-9,14,18H,2-4,10H2,1H3. The van der Waals surface area contributed by atoms with Crippen LogP contribution in [0, 0.1) is 0 Å². The second-order valence-corrected chi connectivity index (χ2v) is 5.06. The van der Waals surface area contributed by atoms with Crippen LogP contribution >= 0.6 is 0 Å². The molecule has 18 heavy (non-hydrogen) atoms. The third kappa shape index (κ3) is 2.06. The molecule has 1 atom stereocenters. The topological polar surface area (TPSA) is 38.0 Å². The van der Waals surface area contributed by atoms with Gasteiger partial charge in [-0.3, -0.25) is 0 Å². The van der Waals surface area contributed by atoms with Crippen LogP contribution in [0.4, 0.5) is 0 Å². The summed E-state index contributed by atoms with van der Waals surface area (Å²) in [5.41, 5.74) is 3.87. The molecule has 0 saturated carbocycles. The number of imidazole rings is 1. The zero-order valence-electron chi connectivity index (χ0n) is 10.6. The van der Waals surface area contributed by atoms with E-state index in [2.05, 4.69) is 23.2 Å². The van der Waals surface area contributed by atoms with E-state index in [9.17, 15) is 5.11 Å². The Balaban J connectivity index is 1.80. The monoisotopic (exact) mass is 242 g/mol. The summed E-state index contributed by atoms with van der Waals surface area (Å²) < 4.78 is 1.95. The highest BCUT2D eigenvalue weighted by molar-refractivity contribution is 5.36. The highest BCUT2D eigenvalue weighted by atomic mass is 16.3. The average Bonchev–Trinajstić information content (AvgIpc) is 2.98. The Labute approximate surface area is 107 Å². The molecule has 2 aromatic rings. The minimum atomic E-state index is -0.461. The maximum absolute atomic E-state index is 10.3. The maximum atomic E-state index is 10.3. The van der Waals surface area contributed by atoms with E-state index in [-0.39, 0.29) is 0 Å². The number of aliphatic hydroxyl groups excluding tert-OH is 1. The van der Waals surface area contributed by atoms with Crippen LogP contribution in [-0.4, -0.2) is 14.7 Å². The second kappa shape index (κ2) is 4.58. The second-order valence-electron chi connectivity index (χ2n) is 5.06. The molecule has 0 radical (unpaired) electrons. The van der Waals surface area contributed by atoms with Gasteiger partial charge in [-0.2, -0.15) is 0 Å². The quantitative estimate of drug-likeness (QED) is 0.896. The van der Waals surface area contributed by atoms with E-state index in [1.54, 1.807) is 6.20 Å². The van der Waals surface area contributed by atoms with Crippen molar-refractivity contribution in [1.82, 2.24) is 9.55 Å². The molecule has 3 nitrogen and oxygen atoms in total. The predicted molar refractivity (Wildman–Crippen MR) is 70.3 cm³/mol. The number of nitrogens with zero attached hydrogens (tertiary/aromatic N) is 2. The molecule has 3 rings (SSSR count). The molecule has 1 heterocycles. The van der Waals surface area contributed by atoms with Crippen molar-refractivity contribution in [2.75, 3.05) is 0 Å². The first-order valence-electron chi connectivity index (χ1n) is 6.50. The summed E-state index contributed by atoms with van der Waals surface area (Å²) in [6.07, 6.45) is 7.37. The third-order valence-corrected chi connectivity index (χ3v) is 3.80. The minimum Gasteiger partial charge on any atom is -0.388 e. The Bertz CT molecular complexity index is 559. The Morgan fingerprint density at radius 1 is 1.33 bits per heavy atom. The fourth-order valence-corrected chi connectivity index (χ4v) is 2.68. The van der Waals surface area contributed by atoms with E-state index in [0.717, 1.165) is 17.8 Å². The number of fused-ring (bicyclic) bond motifs is 1. The summed E-state index contributed by atoms with van der Waals surface area (Å²) in [7, 11) is 1.96. The smallest absolute Gasteiger partial charge is 0.111 e. The van der Waals surface area contributed by atoms with Gasteiger partial charge in [0, 0.05) is 25.9 Å². The van der Waals surface area contributed by atoms with Gasteiger partial charge in [-0.05, 0) is 36.0 Å². The first-order chi connectivity index (χ1) is 8.74. The first kappa shape index (κ1) is 11.5. The van der Waals surface area contributed by atoms with Gasteiger partial charge in [-0.1, -0.05) is 18.2 Å². The molecule has 1 unspecified atom stereocenters. The van der Waals surface area contributed by atoms with Gasteiger partial charge in [-0.15, -0.1) is 0 Å². The van der Waals surface area contributed by atoms with Crippen molar-refractivity contribution in [2.45, 2.75) is 31.8 Å². The summed E-state index contributed by atoms with van der Waals surface area (Å²) in [6, 6.07) is 6.38. The van der Waals surface area contributed by atoms with Gasteiger partial charge in [-0.25, -0.2) is 4.98 Å². The summed E-state index contributed by atoms with van der Waals surface area (Å²) in [5, 5.41) is 10.3. The molecule has 1 aromatic carbocycles. The minimum absolute atomic E-state index is 0.461. The van der Waals surface area contributed by atoms with Gasteiger partial charge in [0.25, 0.3) is 0 Å². The van der Waals surface area contributed by atoms with Crippen molar-refractivity contribution in [1.29, 1.82) is 0 Å². The van der Waals surface area contributed by atoms with Crippen molar-refractivity contribution < 1.29 is 5.11 Å². The van der Waals surface area contributed by atoms with Crippen LogP contribution in [0.1, 0.15) is 35.0 Å². The number of hydrogen-bond acceptors (Lipinski definition) is 2. The Kier molecular flexibility index (Phi) is 2.92. The van der Waals surface area contributed by atoms with Crippen LogP contribution in [0.3, 0.4) is 0 Å². The van der Waals surface area contributed by atoms with Crippen molar-refractivity contribution in [2.24, 2.45) is 7.05 Å². The normalized spacial score (nSPS) is 15.7.